The molecule has 0 saturated heterocycles. The molecule has 0 fully saturated rings. The first-order chi connectivity index (χ1) is 9.05. The molecule has 3 heteroatoms. The van der Waals surface area contributed by atoms with Crippen molar-refractivity contribution in [3.63, 3.8) is 0 Å². The Morgan fingerprint density at radius 1 is 1.21 bits per heavy atom. The molecule has 100 valence electrons. The van der Waals surface area contributed by atoms with Crippen molar-refractivity contribution >= 4 is 28.4 Å². The molecule has 2 N–H and O–H groups in total. The van der Waals surface area contributed by atoms with E-state index in [1.807, 2.05) is 19.1 Å². The van der Waals surface area contributed by atoms with Gasteiger partial charge in [-0.15, -0.1) is 11.8 Å². The largest absolute Gasteiger partial charge is 0.368 e. The predicted octanol–water partition coefficient (Wildman–Crippen LogP) is 3.98. The van der Waals surface area contributed by atoms with E-state index >= 15 is 0 Å². The van der Waals surface area contributed by atoms with Crippen molar-refractivity contribution in [3.8, 4) is 0 Å². The monoisotopic (exact) mass is 273 g/mol. The van der Waals surface area contributed by atoms with Crippen molar-refractivity contribution in [2.24, 2.45) is 5.73 Å². The summed E-state index contributed by atoms with van der Waals surface area (Å²) in [6, 6.07) is 14.5. The van der Waals surface area contributed by atoms with Crippen LogP contribution in [-0.2, 0) is 4.79 Å². The summed E-state index contributed by atoms with van der Waals surface area (Å²) in [7, 11) is 0. The third kappa shape index (κ3) is 3.10. The fourth-order valence-corrected chi connectivity index (χ4v) is 3.44. The first-order valence-corrected chi connectivity index (χ1v) is 7.34. The van der Waals surface area contributed by atoms with Gasteiger partial charge in [-0.2, -0.15) is 0 Å². The van der Waals surface area contributed by atoms with Crippen LogP contribution in [0.4, 0.5) is 0 Å². The molecule has 0 radical (unpaired) electrons. The molecule has 0 aliphatic heterocycles. The second-order valence-corrected chi connectivity index (χ2v) is 6.53. The highest BCUT2D eigenvalue weighted by molar-refractivity contribution is 8.01. The molecule has 0 aliphatic rings. The van der Waals surface area contributed by atoms with Gasteiger partial charge in [0.1, 0.15) is 0 Å². The molecule has 2 aromatic carbocycles. The molecule has 0 heterocycles. The summed E-state index contributed by atoms with van der Waals surface area (Å²) >= 11 is 1.56. The smallest absolute Gasteiger partial charge is 0.233 e. The summed E-state index contributed by atoms with van der Waals surface area (Å²) in [5, 5.41) is 2.40. The van der Waals surface area contributed by atoms with Crippen molar-refractivity contribution < 1.29 is 4.79 Å². The Morgan fingerprint density at radius 2 is 1.89 bits per heavy atom. The van der Waals surface area contributed by atoms with Gasteiger partial charge in [-0.25, -0.2) is 0 Å². The van der Waals surface area contributed by atoms with E-state index < -0.39 is 4.75 Å². The van der Waals surface area contributed by atoms with Crippen LogP contribution in [0.15, 0.2) is 47.4 Å². The first kappa shape index (κ1) is 13.9. The van der Waals surface area contributed by atoms with Crippen LogP contribution < -0.4 is 5.73 Å². The molecule has 19 heavy (non-hydrogen) atoms. The van der Waals surface area contributed by atoms with Gasteiger partial charge < -0.3 is 5.73 Å². The number of fused-ring (bicyclic) bond motifs is 1. The van der Waals surface area contributed by atoms with E-state index in [0.29, 0.717) is 0 Å². The molecule has 0 bridgehead atoms. The Hall–Kier alpha value is -1.48. The maximum atomic E-state index is 11.7. The Balaban J connectivity index is 2.31. The molecule has 1 amide bonds. The highest BCUT2D eigenvalue weighted by atomic mass is 32.2. The molecule has 2 rings (SSSR count). The van der Waals surface area contributed by atoms with E-state index in [1.165, 1.54) is 10.8 Å². The standard InChI is InChI=1S/C16H19NOS/c1-3-10-16(2,15(17)18)19-14-9-8-12-6-4-5-7-13(12)11-14/h4-9,11H,3,10H2,1-2H3,(H2,17,18). The summed E-state index contributed by atoms with van der Waals surface area (Å²) < 4.78 is -0.531. The van der Waals surface area contributed by atoms with E-state index in [-0.39, 0.29) is 5.91 Å². The topological polar surface area (TPSA) is 43.1 Å². The highest BCUT2D eigenvalue weighted by Crippen LogP contribution is 2.37. The fourth-order valence-electron chi connectivity index (χ4n) is 2.19. The van der Waals surface area contributed by atoms with E-state index in [2.05, 4.69) is 37.3 Å². The maximum absolute atomic E-state index is 11.7. The number of primary amides is 1. The van der Waals surface area contributed by atoms with Gasteiger partial charge in [0.2, 0.25) is 5.91 Å². The molecule has 0 saturated carbocycles. The molecule has 0 spiro atoms. The molecule has 1 atom stereocenters. The van der Waals surface area contributed by atoms with Gasteiger partial charge in [0.05, 0.1) is 4.75 Å². The fraction of sp³-hybridized carbons (Fsp3) is 0.312. The van der Waals surface area contributed by atoms with E-state index in [4.69, 9.17) is 5.73 Å². The van der Waals surface area contributed by atoms with Crippen LogP contribution in [0.5, 0.6) is 0 Å². The molecule has 2 nitrogen and oxygen atoms in total. The van der Waals surface area contributed by atoms with Crippen molar-refractivity contribution in [3.05, 3.63) is 42.5 Å². The molecule has 0 aliphatic carbocycles. The quantitative estimate of drug-likeness (QED) is 0.837. The minimum Gasteiger partial charge on any atom is -0.368 e. The zero-order chi connectivity index (χ0) is 13.9. The van der Waals surface area contributed by atoms with Crippen LogP contribution in [0.3, 0.4) is 0 Å². The number of hydrogen-bond donors (Lipinski definition) is 1. The van der Waals surface area contributed by atoms with Gasteiger partial charge >= 0.3 is 0 Å². The van der Waals surface area contributed by atoms with E-state index in [0.717, 1.165) is 17.7 Å². The number of hydrogen-bond acceptors (Lipinski definition) is 2. The van der Waals surface area contributed by atoms with Crippen LogP contribution in [0.25, 0.3) is 10.8 Å². The van der Waals surface area contributed by atoms with Gasteiger partial charge in [0, 0.05) is 4.90 Å². The summed E-state index contributed by atoms with van der Waals surface area (Å²) in [5.74, 6) is -0.243. The van der Waals surface area contributed by atoms with Crippen molar-refractivity contribution in [1.29, 1.82) is 0 Å². The zero-order valence-electron chi connectivity index (χ0n) is 11.3. The van der Waals surface area contributed by atoms with Crippen molar-refractivity contribution in [2.75, 3.05) is 0 Å². The van der Waals surface area contributed by atoms with Crippen molar-refractivity contribution in [1.82, 2.24) is 0 Å². The molecule has 0 aromatic heterocycles. The Labute approximate surface area is 118 Å². The number of carbonyl (C=O) groups excluding carboxylic acids is 1. The van der Waals surface area contributed by atoms with Gasteiger partial charge in [-0.3, -0.25) is 4.79 Å². The Morgan fingerprint density at radius 3 is 2.53 bits per heavy atom. The van der Waals surface area contributed by atoms with Crippen LogP contribution in [-0.4, -0.2) is 10.7 Å². The van der Waals surface area contributed by atoms with Gasteiger partial charge in [0.15, 0.2) is 0 Å². The lowest BCUT2D eigenvalue weighted by Gasteiger charge is -2.24. The van der Waals surface area contributed by atoms with E-state index in [1.54, 1.807) is 11.8 Å². The number of thioether (sulfide) groups is 1. The lowest BCUT2D eigenvalue weighted by atomic mass is 10.1. The lowest BCUT2D eigenvalue weighted by Crippen LogP contribution is -2.37. The average Bonchev–Trinajstić information content (AvgIpc) is 2.38. The third-order valence-electron chi connectivity index (χ3n) is 3.31. The van der Waals surface area contributed by atoms with Gasteiger partial charge in [-0.05, 0) is 36.2 Å². The predicted molar refractivity (Wildman–Crippen MR) is 82.3 cm³/mol. The van der Waals surface area contributed by atoms with Gasteiger partial charge in [0.25, 0.3) is 0 Å². The van der Waals surface area contributed by atoms with Crippen LogP contribution in [0.2, 0.25) is 0 Å². The second-order valence-electron chi connectivity index (χ2n) is 4.96. The summed E-state index contributed by atoms with van der Waals surface area (Å²) in [6.07, 6.45) is 1.74. The summed E-state index contributed by atoms with van der Waals surface area (Å²) in [5.41, 5.74) is 5.56. The normalized spacial score (nSPS) is 14.2. The number of nitrogens with two attached hydrogens (primary N) is 1. The molecular weight excluding hydrogens is 254 g/mol. The average molecular weight is 273 g/mol. The minimum atomic E-state index is -0.531. The maximum Gasteiger partial charge on any atom is 0.233 e. The molecule has 1 unspecified atom stereocenters. The molecular formula is C16H19NOS. The van der Waals surface area contributed by atoms with E-state index in [9.17, 15) is 4.79 Å². The zero-order valence-corrected chi connectivity index (χ0v) is 12.2. The Kier molecular flexibility index (Phi) is 4.15. The number of rotatable bonds is 5. The number of benzene rings is 2. The first-order valence-electron chi connectivity index (χ1n) is 6.53. The second kappa shape index (κ2) is 5.66. The van der Waals surface area contributed by atoms with Crippen molar-refractivity contribution in [2.45, 2.75) is 36.3 Å². The lowest BCUT2D eigenvalue weighted by molar-refractivity contribution is -0.120. The third-order valence-corrected chi connectivity index (χ3v) is 4.66. The van der Waals surface area contributed by atoms with Gasteiger partial charge in [-0.1, -0.05) is 43.7 Å². The molecule has 2 aromatic rings. The SMILES string of the molecule is CCCC(C)(Sc1ccc2ccccc2c1)C(N)=O. The highest BCUT2D eigenvalue weighted by Gasteiger charge is 2.31. The van der Waals surface area contributed by atoms with Crippen LogP contribution in [0, 0.1) is 0 Å². The summed E-state index contributed by atoms with van der Waals surface area (Å²) in [4.78, 5) is 12.8. The minimum absolute atomic E-state index is 0.243. The number of amides is 1. The number of carbonyl (C=O) groups is 1. The summed E-state index contributed by atoms with van der Waals surface area (Å²) in [6.45, 7) is 4.00. The van der Waals surface area contributed by atoms with Crippen LogP contribution in [0.1, 0.15) is 26.7 Å². The van der Waals surface area contributed by atoms with Crippen LogP contribution >= 0.6 is 11.8 Å². The Bertz CT molecular complexity index is 596.